The van der Waals surface area contributed by atoms with E-state index in [2.05, 4.69) is 16.4 Å². The van der Waals surface area contributed by atoms with Crippen molar-refractivity contribution in [1.29, 1.82) is 0 Å². The Hall–Kier alpha value is -1.67. The van der Waals surface area contributed by atoms with Crippen LogP contribution in [0.2, 0.25) is 0 Å². The van der Waals surface area contributed by atoms with E-state index in [0.29, 0.717) is 26.2 Å². The molecule has 0 aromatic carbocycles. The van der Waals surface area contributed by atoms with Crippen molar-refractivity contribution in [3.8, 4) is 0 Å². The molecule has 0 spiro atoms. The smallest absolute Gasteiger partial charge is 0.318 e. The Labute approximate surface area is 148 Å². The average Bonchev–Trinajstić information content (AvgIpc) is 3.48. The largest absolute Gasteiger partial charge is 0.330 e. The van der Waals surface area contributed by atoms with Crippen molar-refractivity contribution in [2.75, 3.05) is 26.2 Å². The van der Waals surface area contributed by atoms with Crippen molar-refractivity contribution in [1.82, 2.24) is 19.5 Å². The summed E-state index contributed by atoms with van der Waals surface area (Å²) in [6.07, 6.45) is 6.26. The van der Waals surface area contributed by atoms with E-state index in [0.717, 1.165) is 37.8 Å². The molecule has 1 atom stereocenters. The summed E-state index contributed by atoms with van der Waals surface area (Å²) in [5.41, 5.74) is 2.18. The average molecular weight is 364 g/mol. The molecule has 7 nitrogen and oxygen atoms in total. The summed E-state index contributed by atoms with van der Waals surface area (Å²) in [6.45, 7) is 1.68. The third kappa shape index (κ3) is 3.37. The molecule has 1 saturated heterocycles. The van der Waals surface area contributed by atoms with Gasteiger partial charge in [-0.2, -0.15) is 4.31 Å². The first-order valence-electron chi connectivity index (χ1n) is 9.04. The Morgan fingerprint density at radius 3 is 2.64 bits per heavy atom. The van der Waals surface area contributed by atoms with E-state index in [-0.39, 0.29) is 17.3 Å². The van der Waals surface area contributed by atoms with Crippen molar-refractivity contribution in [2.24, 2.45) is 0 Å². The summed E-state index contributed by atoms with van der Waals surface area (Å²) in [6, 6.07) is 3.84. The number of urea groups is 1. The zero-order valence-corrected chi connectivity index (χ0v) is 15.0. The second kappa shape index (κ2) is 6.57. The molecule has 2 aliphatic carbocycles. The van der Waals surface area contributed by atoms with Crippen LogP contribution in [-0.4, -0.2) is 60.1 Å². The lowest BCUT2D eigenvalue weighted by Gasteiger charge is -2.35. The topological polar surface area (TPSA) is 82.6 Å². The zero-order valence-electron chi connectivity index (χ0n) is 14.2. The number of amides is 2. The summed E-state index contributed by atoms with van der Waals surface area (Å²) in [4.78, 5) is 18.8. The van der Waals surface area contributed by atoms with Gasteiger partial charge in [-0.25, -0.2) is 13.2 Å². The van der Waals surface area contributed by atoms with Crippen molar-refractivity contribution in [2.45, 2.75) is 43.4 Å². The molecule has 2 fully saturated rings. The Bertz CT molecular complexity index is 755. The van der Waals surface area contributed by atoms with Gasteiger partial charge in [0.15, 0.2) is 0 Å². The molecule has 0 radical (unpaired) electrons. The highest BCUT2D eigenvalue weighted by Crippen LogP contribution is 2.31. The Kier molecular flexibility index (Phi) is 4.41. The van der Waals surface area contributed by atoms with Crippen LogP contribution in [0, 0.1) is 0 Å². The minimum absolute atomic E-state index is 0.0503. The van der Waals surface area contributed by atoms with E-state index in [4.69, 9.17) is 0 Å². The van der Waals surface area contributed by atoms with Gasteiger partial charge in [0.05, 0.1) is 17.0 Å². The molecule has 25 heavy (non-hydrogen) atoms. The highest BCUT2D eigenvalue weighted by atomic mass is 32.2. The number of carbonyl (C=O) groups excluding carboxylic acids is 1. The third-order valence-electron chi connectivity index (χ3n) is 5.32. The van der Waals surface area contributed by atoms with Gasteiger partial charge in [-0.1, -0.05) is 6.07 Å². The first-order valence-corrected chi connectivity index (χ1v) is 10.5. The Balaban J connectivity index is 1.36. The summed E-state index contributed by atoms with van der Waals surface area (Å²) in [5, 5.41) is 2.91. The van der Waals surface area contributed by atoms with Crippen LogP contribution in [0.4, 0.5) is 4.79 Å². The van der Waals surface area contributed by atoms with E-state index < -0.39 is 10.0 Å². The van der Waals surface area contributed by atoms with E-state index in [1.807, 2.05) is 6.07 Å². The number of sulfonamides is 1. The molecule has 0 unspecified atom stereocenters. The van der Waals surface area contributed by atoms with Crippen LogP contribution in [0.15, 0.2) is 18.3 Å². The van der Waals surface area contributed by atoms with E-state index >= 15 is 0 Å². The van der Waals surface area contributed by atoms with Crippen LogP contribution in [0.3, 0.4) is 0 Å². The van der Waals surface area contributed by atoms with Crippen molar-refractivity contribution >= 4 is 16.1 Å². The van der Waals surface area contributed by atoms with E-state index in [1.165, 1.54) is 5.56 Å². The van der Waals surface area contributed by atoms with Gasteiger partial charge in [-0.3, -0.25) is 4.98 Å². The molecule has 1 aliphatic heterocycles. The molecular weight excluding hydrogens is 340 g/mol. The molecular formula is C17H24N4O3S. The lowest BCUT2D eigenvalue weighted by atomic mass is 9.92. The van der Waals surface area contributed by atoms with Crippen LogP contribution < -0.4 is 5.32 Å². The van der Waals surface area contributed by atoms with Crippen LogP contribution in [-0.2, 0) is 16.4 Å². The standard InChI is InChI=1S/C17H24N4O3S/c22-17(19-15-5-1-3-13-4-2-8-18-16(13)15)20-9-11-21(12-10-20)25(23,24)14-6-7-14/h2,4,8,14-15H,1,3,5-7,9-12H2,(H,19,22)/t15-/m1/s1. The minimum Gasteiger partial charge on any atom is -0.330 e. The molecule has 1 aromatic heterocycles. The normalized spacial score (nSPS) is 24.6. The number of hydrogen-bond acceptors (Lipinski definition) is 4. The summed E-state index contributed by atoms with van der Waals surface area (Å²) in [5.74, 6) is 0. The quantitative estimate of drug-likeness (QED) is 0.876. The molecule has 3 aliphatic rings. The lowest BCUT2D eigenvalue weighted by molar-refractivity contribution is 0.167. The molecule has 1 aromatic rings. The number of aryl methyl sites for hydroxylation is 1. The summed E-state index contributed by atoms with van der Waals surface area (Å²) >= 11 is 0. The first-order chi connectivity index (χ1) is 12.1. The number of nitrogens with zero attached hydrogens (tertiary/aromatic N) is 3. The number of nitrogens with one attached hydrogen (secondary N) is 1. The van der Waals surface area contributed by atoms with Gasteiger partial charge in [0.25, 0.3) is 0 Å². The number of aromatic nitrogens is 1. The predicted molar refractivity (Wildman–Crippen MR) is 93.5 cm³/mol. The highest BCUT2D eigenvalue weighted by Gasteiger charge is 2.41. The van der Waals surface area contributed by atoms with Crippen LogP contribution >= 0.6 is 0 Å². The molecule has 1 N–H and O–H groups in total. The summed E-state index contributed by atoms with van der Waals surface area (Å²) < 4.78 is 26.1. The van der Waals surface area contributed by atoms with Crippen LogP contribution in [0.1, 0.15) is 43.0 Å². The van der Waals surface area contributed by atoms with E-state index in [9.17, 15) is 13.2 Å². The maximum Gasteiger partial charge on any atom is 0.318 e. The molecule has 4 rings (SSSR count). The second-order valence-corrected chi connectivity index (χ2v) is 9.29. The van der Waals surface area contributed by atoms with Crippen molar-refractivity contribution in [3.63, 3.8) is 0 Å². The number of carbonyl (C=O) groups is 1. The first kappa shape index (κ1) is 16.8. The van der Waals surface area contributed by atoms with Crippen molar-refractivity contribution in [3.05, 3.63) is 29.6 Å². The Morgan fingerprint density at radius 1 is 1.16 bits per heavy atom. The van der Waals surface area contributed by atoms with Crippen molar-refractivity contribution < 1.29 is 13.2 Å². The van der Waals surface area contributed by atoms with E-state index in [1.54, 1.807) is 15.4 Å². The predicted octanol–water partition coefficient (Wildman–Crippen LogP) is 1.28. The molecule has 2 amide bonds. The SMILES string of the molecule is O=C(N[C@@H]1CCCc2cccnc21)N1CCN(S(=O)(=O)C2CC2)CC1. The summed E-state index contributed by atoms with van der Waals surface area (Å²) in [7, 11) is -3.14. The number of rotatable bonds is 3. The van der Waals surface area contributed by atoms with Gasteiger partial charge >= 0.3 is 6.03 Å². The fourth-order valence-corrected chi connectivity index (χ4v) is 5.54. The van der Waals surface area contributed by atoms with Gasteiger partial charge < -0.3 is 10.2 Å². The van der Waals surface area contributed by atoms with Gasteiger partial charge in [-0.15, -0.1) is 0 Å². The minimum atomic E-state index is -3.14. The number of fused-ring (bicyclic) bond motifs is 1. The highest BCUT2D eigenvalue weighted by molar-refractivity contribution is 7.90. The Morgan fingerprint density at radius 2 is 1.92 bits per heavy atom. The maximum atomic E-state index is 12.6. The number of hydrogen-bond donors (Lipinski definition) is 1. The second-order valence-electron chi connectivity index (χ2n) is 7.07. The van der Waals surface area contributed by atoms with Gasteiger partial charge in [0, 0.05) is 32.4 Å². The zero-order chi connectivity index (χ0) is 17.4. The van der Waals surface area contributed by atoms with Gasteiger partial charge in [0.1, 0.15) is 0 Å². The number of piperazine rings is 1. The van der Waals surface area contributed by atoms with Gasteiger partial charge in [0.2, 0.25) is 10.0 Å². The molecule has 136 valence electrons. The molecule has 8 heteroatoms. The molecule has 1 saturated carbocycles. The number of pyridine rings is 1. The molecule has 0 bridgehead atoms. The molecule has 2 heterocycles. The fourth-order valence-electron chi connectivity index (χ4n) is 3.71. The van der Waals surface area contributed by atoms with Gasteiger partial charge in [-0.05, 0) is 43.7 Å². The fraction of sp³-hybridized carbons (Fsp3) is 0.647. The van der Waals surface area contributed by atoms with Crippen LogP contribution in [0.25, 0.3) is 0 Å². The van der Waals surface area contributed by atoms with Crippen LogP contribution in [0.5, 0.6) is 0 Å². The third-order valence-corrected chi connectivity index (χ3v) is 7.72. The lowest BCUT2D eigenvalue weighted by Crippen LogP contribution is -2.54. The monoisotopic (exact) mass is 364 g/mol. The maximum absolute atomic E-state index is 12.6.